The number of halogens is 1. The van der Waals surface area contributed by atoms with Crippen molar-refractivity contribution in [2.75, 3.05) is 6.54 Å². The molecule has 3 nitrogen and oxygen atoms in total. The van der Waals surface area contributed by atoms with Crippen LogP contribution in [-0.4, -0.2) is 16.1 Å². The van der Waals surface area contributed by atoms with Crippen molar-refractivity contribution in [3.63, 3.8) is 0 Å². The Labute approximate surface area is 123 Å². The lowest BCUT2D eigenvalue weighted by Gasteiger charge is -2.07. The van der Waals surface area contributed by atoms with E-state index in [2.05, 4.69) is 33.2 Å². The molecule has 0 unspecified atom stereocenters. The third-order valence-electron chi connectivity index (χ3n) is 3.32. The average molecular weight is 286 g/mol. The molecule has 0 aliphatic heterocycles. The van der Waals surface area contributed by atoms with Gasteiger partial charge in [-0.15, -0.1) is 0 Å². The van der Waals surface area contributed by atoms with Crippen molar-refractivity contribution in [3.8, 4) is 0 Å². The molecule has 1 aromatic carbocycles. The summed E-state index contributed by atoms with van der Waals surface area (Å²) < 4.78 is 2.21. The van der Waals surface area contributed by atoms with Crippen LogP contribution in [0.2, 0.25) is 5.02 Å². The first-order chi connectivity index (χ1) is 9.84. The number of hydrogen-bond acceptors (Lipinski definition) is 2. The fraction of sp³-hybridized carbons (Fsp3) is 0.188. The van der Waals surface area contributed by atoms with E-state index in [9.17, 15) is 0 Å². The Kier molecular flexibility index (Phi) is 4.00. The maximum atomic E-state index is 6.17. The average Bonchev–Trinajstić information content (AvgIpc) is 2.90. The predicted molar refractivity (Wildman–Crippen MR) is 82.9 cm³/mol. The molecule has 0 fully saturated rings. The minimum Gasteiger partial charge on any atom is -0.346 e. The maximum absolute atomic E-state index is 6.17. The minimum absolute atomic E-state index is 0.792. The standard InChI is InChI=1S/C16H16ClN3/c17-15-5-3-6-16-14(15)7-10-20(16)11-9-18-12-13-4-1-2-8-19-13/h1-8,10,18H,9,11-12H2. The molecule has 4 heteroatoms. The zero-order valence-electron chi connectivity index (χ0n) is 11.1. The molecule has 3 aromatic rings. The third-order valence-corrected chi connectivity index (χ3v) is 3.65. The highest BCUT2D eigenvalue weighted by Gasteiger charge is 2.03. The van der Waals surface area contributed by atoms with Crippen molar-refractivity contribution in [1.29, 1.82) is 0 Å². The van der Waals surface area contributed by atoms with Crippen LogP contribution in [0.4, 0.5) is 0 Å². The number of fused-ring (bicyclic) bond motifs is 1. The van der Waals surface area contributed by atoms with Crippen LogP contribution in [0.25, 0.3) is 10.9 Å². The summed E-state index contributed by atoms with van der Waals surface area (Å²) in [6.45, 7) is 2.60. The normalized spacial score (nSPS) is 11.1. The molecule has 0 saturated carbocycles. The van der Waals surface area contributed by atoms with Crippen LogP contribution in [0.1, 0.15) is 5.69 Å². The lowest BCUT2D eigenvalue weighted by molar-refractivity contribution is 0.603. The maximum Gasteiger partial charge on any atom is 0.0541 e. The number of hydrogen-bond donors (Lipinski definition) is 1. The van der Waals surface area contributed by atoms with Gasteiger partial charge in [0.2, 0.25) is 0 Å². The van der Waals surface area contributed by atoms with Gasteiger partial charge in [-0.1, -0.05) is 23.7 Å². The molecule has 0 aliphatic rings. The van der Waals surface area contributed by atoms with E-state index in [1.54, 1.807) is 0 Å². The van der Waals surface area contributed by atoms with E-state index in [4.69, 9.17) is 11.6 Å². The van der Waals surface area contributed by atoms with Gasteiger partial charge >= 0.3 is 0 Å². The summed E-state index contributed by atoms with van der Waals surface area (Å²) in [5.74, 6) is 0. The number of pyridine rings is 1. The fourth-order valence-electron chi connectivity index (χ4n) is 2.30. The quantitative estimate of drug-likeness (QED) is 0.728. The highest BCUT2D eigenvalue weighted by atomic mass is 35.5. The first kappa shape index (κ1) is 13.2. The Morgan fingerprint density at radius 1 is 1.10 bits per heavy atom. The van der Waals surface area contributed by atoms with E-state index in [0.717, 1.165) is 35.7 Å². The number of aromatic nitrogens is 2. The van der Waals surface area contributed by atoms with Crippen molar-refractivity contribution < 1.29 is 0 Å². The zero-order chi connectivity index (χ0) is 13.8. The Morgan fingerprint density at radius 2 is 2.05 bits per heavy atom. The third kappa shape index (κ3) is 2.84. The minimum atomic E-state index is 0.792. The second-order valence-corrected chi connectivity index (χ2v) is 5.09. The lowest BCUT2D eigenvalue weighted by atomic mass is 10.2. The smallest absolute Gasteiger partial charge is 0.0541 e. The summed E-state index contributed by atoms with van der Waals surface area (Å²) in [6, 6.07) is 14.0. The summed E-state index contributed by atoms with van der Waals surface area (Å²) in [5.41, 5.74) is 2.24. The molecule has 2 heterocycles. The van der Waals surface area contributed by atoms with Gasteiger partial charge in [-0.3, -0.25) is 4.98 Å². The van der Waals surface area contributed by atoms with Crippen LogP contribution in [-0.2, 0) is 13.1 Å². The summed E-state index contributed by atoms with van der Waals surface area (Å²) in [4.78, 5) is 4.29. The predicted octanol–water partition coefficient (Wildman–Crippen LogP) is 3.48. The van der Waals surface area contributed by atoms with Crippen molar-refractivity contribution in [1.82, 2.24) is 14.9 Å². The first-order valence-corrected chi connectivity index (χ1v) is 7.06. The highest BCUT2D eigenvalue weighted by Crippen LogP contribution is 2.23. The van der Waals surface area contributed by atoms with E-state index < -0.39 is 0 Å². The van der Waals surface area contributed by atoms with Gasteiger partial charge in [-0.25, -0.2) is 0 Å². The molecule has 0 aliphatic carbocycles. The SMILES string of the molecule is Clc1cccc2c1ccn2CCNCc1ccccn1. The molecule has 102 valence electrons. The van der Waals surface area contributed by atoms with Crippen molar-refractivity contribution in [2.24, 2.45) is 0 Å². The largest absolute Gasteiger partial charge is 0.346 e. The monoisotopic (exact) mass is 285 g/mol. The number of benzene rings is 1. The van der Waals surface area contributed by atoms with Crippen LogP contribution in [0.15, 0.2) is 54.9 Å². The Balaban J connectivity index is 1.59. The molecule has 3 rings (SSSR count). The van der Waals surface area contributed by atoms with Gasteiger partial charge in [0, 0.05) is 48.0 Å². The summed E-state index contributed by atoms with van der Waals surface area (Å²) in [7, 11) is 0. The second kappa shape index (κ2) is 6.07. The Hall–Kier alpha value is -1.84. The van der Waals surface area contributed by atoms with Crippen LogP contribution >= 0.6 is 11.6 Å². The van der Waals surface area contributed by atoms with Crippen LogP contribution in [0.3, 0.4) is 0 Å². The van der Waals surface area contributed by atoms with Crippen LogP contribution in [0, 0.1) is 0 Å². The fourth-order valence-corrected chi connectivity index (χ4v) is 2.53. The van der Waals surface area contributed by atoms with E-state index in [1.807, 2.05) is 36.5 Å². The molecule has 0 bridgehead atoms. The molecular weight excluding hydrogens is 270 g/mol. The Morgan fingerprint density at radius 3 is 2.90 bits per heavy atom. The highest BCUT2D eigenvalue weighted by molar-refractivity contribution is 6.35. The molecule has 0 atom stereocenters. The van der Waals surface area contributed by atoms with E-state index in [0.29, 0.717) is 0 Å². The van der Waals surface area contributed by atoms with Gasteiger partial charge in [0.05, 0.1) is 5.69 Å². The van der Waals surface area contributed by atoms with Gasteiger partial charge in [0.1, 0.15) is 0 Å². The molecule has 20 heavy (non-hydrogen) atoms. The van der Waals surface area contributed by atoms with E-state index in [-0.39, 0.29) is 0 Å². The molecule has 0 saturated heterocycles. The summed E-state index contributed by atoms with van der Waals surface area (Å²) in [6.07, 6.45) is 3.90. The number of nitrogens with zero attached hydrogens (tertiary/aromatic N) is 2. The molecule has 1 N–H and O–H groups in total. The zero-order valence-corrected chi connectivity index (χ0v) is 11.8. The van der Waals surface area contributed by atoms with Crippen LogP contribution in [0.5, 0.6) is 0 Å². The van der Waals surface area contributed by atoms with E-state index >= 15 is 0 Å². The molecule has 0 amide bonds. The molecule has 0 spiro atoms. The van der Waals surface area contributed by atoms with E-state index in [1.165, 1.54) is 5.52 Å². The van der Waals surface area contributed by atoms with Crippen molar-refractivity contribution in [3.05, 3.63) is 65.6 Å². The Bertz CT molecular complexity index is 691. The topological polar surface area (TPSA) is 29.9 Å². The van der Waals surface area contributed by atoms with Gasteiger partial charge < -0.3 is 9.88 Å². The molecular formula is C16H16ClN3. The molecule has 0 radical (unpaired) electrons. The van der Waals surface area contributed by atoms with Crippen LogP contribution < -0.4 is 5.32 Å². The molecule has 2 aromatic heterocycles. The van der Waals surface area contributed by atoms with Gasteiger partial charge in [0.15, 0.2) is 0 Å². The second-order valence-electron chi connectivity index (χ2n) is 4.68. The number of nitrogens with one attached hydrogen (secondary N) is 1. The van der Waals surface area contributed by atoms with Gasteiger partial charge in [-0.2, -0.15) is 0 Å². The van der Waals surface area contributed by atoms with Gasteiger partial charge in [0.25, 0.3) is 0 Å². The van der Waals surface area contributed by atoms with Gasteiger partial charge in [-0.05, 0) is 30.3 Å². The summed E-state index contributed by atoms with van der Waals surface area (Å²) in [5, 5.41) is 5.32. The number of rotatable bonds is 5. The van der Waals surface area contributed by atoms with Crippen molar-refractivity contribution >= 4 is 22.5 Å². The van der Waals surface area contributed by atoms with Crippen molar-refractivity contribution in [2.45, 2.75) is 13.1 Å². The lowest BCUT2D eigenvalue weighted by Crippen LogP contribution is -2.19. The summed E-state index contributed by atoms with van der Waals surface area (Å²) >= 11 is 6.17. The first-order valence-electron chi connectivity index (χ1n) is 6.68.